The molecule has 0 saturated carbocycles. The highest BCUT2D eigenvalue weighted by Crippen LogP contribution is 2.56. The van der Waals surface area contributed by atoms with Gasteiger partial charge >= 0.3 is 16.4 Å². The van der Waals surface area contributed by atoms with Crippen LogP contribution < -0.4 is 0 Å². The molecule has 90 valence electrons. The van der Waals surface area contributed by atoms with Gasteiger partial charge in [-0.3, -0.25) is 0 Å². The van der Waals surface area contributed by atoms with Crippen molar-refractivity contribution in [2.75, 3.05) is 7.05 Å². The van der Waals surface area contributed by atoms with E-state index in [1.165, 1.54) is 0 Å². The van der Waals surface area contributed by atoms with E-state index in [9.17, 15) is 35.4 Å². The standard InChI is InChI=1S/C4H3F6NO2S2/c1-11-14(12)3(7,8)2(5,6)4(9,10)15(11)13/h1H3/t14-,15?/m1/s1. The number of rotatable bonds is 0. The zero-order valence-electron chi connectivity index (χ0n) is 6.85. The molecular weight excluding hydrogens is 272 g/mol. The smallest absolute Gasteiger partial charge is 0.507 e. The van der Waals surface area contributed by atoms with Gasteiger partial charge in [-0.1, -0.05) is 0 Å². The maximum absolute atomic E-state index is 12.6. The van der Waals surface area contributed by atoms with E-state index in [2.05, 4.69) is 0 Å². The Morgan fingerprint density at radius 1 is 0.867 bits per heavy atom. The van der Waals surface area contributed by atoms with Crippen LogP contribution in [0.5, 0.6) is 0 Å². The van der Waals surface area contributed by atoms with Gasteiger partial charge in [0.1, 0.15) is 0 Å². The number of halogens is 6. The normalized spacial score (nSPS) is 39.0. The van der Waals surface area contributed by atoms with Gasteiger partial charge in [0.05, 0.1) is 10.8 Å². The molecule has 0 amide bonds. The first kappa shape index (κ1) is 13.2. The summed E-state index contributed by atoms with van der Waals surface area (Å²) in [5.74, 6) is -5.91. The summed E-state index contributed by atoms with van der Waals surface area (Å²) in [5, 5.41) is -10.9. The van der Waals surface area contributed by atoms with Crippen molar-refractivity contribution in [1.82, 2.24) is 3.71 Å². The van der Waals surface area contributed by atoms with E-state index in [0.29, 0.717) is 7.05 Å². The van der Waals surface area contributed by atoms with Crippen molar-refractivity contribution in [3.63, 3.8) is 0 Å². The third kappa shape index (κ3) is 1.44. The van der Waals surface area contributed by atoms with Crippen LogP contribution in [-0.4, -0.2) is 36.3 Å². The Labute approximate surface area is 86.0 Å². The van der Waals surface area contributed by atoms with Gasteiger partial charge < -0.3 is 9.11 Å². The zero-order valence-corrected chi connectivity index (χ0v) is 8.48. The molecule has 11 heteroatoms. The van der Waals surface area contributed by atoms with E-state index in [-0.39, 0.29) is 0 Å². The van der Waals surface area contributed by atoms with Gasteiger partial charge in [0.15, 0.2) is 22.7 Å². The quantitative estimate of drug-likeness (QED) is 0.491. The molecule has 1 heterocycles. The molecule has 0 aromatic heterocycles. The molecule has 0 aromatic rings. The fraction of sp³-hybridized carbons (Fsp3) is 1.00. The van der Waals surface area contributed by atoms with Crippen LogP contribution in [0.4, 0.5) is 26.3 Å². The Kier molecular flexibility index (Phi) is 2.93. The summed E-state index contributed by atoms with van der Waals surface area (Å²) in [5.41, 5.74) is 0. The molecule has 0 aromatic carbocycles. The molecular formula is C4H3F6NO2S2. The highest BCUT2D eigenvalue weighted by Gasteiger charge is 2.91. The average molecular weight is 275 g/mol. The lowest BCUT2D eigenvalue weighted by molar-refractivity contribution is -0.249. The first-order chi connectivity index (χ1) is 6.48. The van der Waals surface area contributed by atoms with Gasteiger partial charge in [0, 0.05) is 0 Å². The predicted molar refractivity (Wildman–Crippen MR) is 38.9 cm³/mol. The van der Waals surface area contributed by atoms with Crippen molar-refractivity contribution in [2.24, 2.45) is 0 Å². The summed E-state index contributed by atoms with van der Waals surface area (Å²) in [6.45, 7) is 0. The summed E-state index contributed by atoms with van der Waals surface area (Å²) in [6, 6.07) is 0. The van der Waals surface area contributed by atoms with Gasteiger partial charge in [0.25, 0.3) is 0 Å². The van der Waals surface area contributed by atoms with Crippen LogP contribution in [0, 0.1) is 0 Å². The maximum Gasteiger partial charge on any atom is 0.507 e. The molecule has 1 fully saturated rings. The Hall–Kier alpha value is 0.160. The van der Waals surface area contributed by atoms with Gasteiger partial charge in [-0.15, -0.1) is 17.6 Å². The summed E-state index contributed by atoms with van der Waals surface area (Å²) < 4.78 is 96.2. The third-order valence-corrected chi connectivity index (χ3v) is 4.77. The lowest BCUT2D eigenvalue weighted by Crippen LogP contribution is -2.70. The minimum atomic E-state index is -5.91. The highest BCUT2D eigenvalue weighted by molar-refractivity contribution is 8.05. The van der Waals surface area contributed by atoms with Crippen LogP contribution in [0.25, 0.3) is 0 Å². The number of hydrogen-bond donors (Lipinski definition) is 0. The molecule has 0 aliphatic carbocycles. The molecule has 1 rings (SSSR count). The second-order valence-electron chi connectivity index (χ2n) is 2.55. The topological polar surface area (TPSA) is 49.4 Å². The second-order valence-corrected chi connectivity index (χ2v) is 5.89. The fourth-order valence-electron chi connectivity index (χ4n) is 0.773. The fourth-order valence-corrected chi connectivity index (χ4v) is 3.23. The second kappa shape index (κ2) is 3.32. The van der Waals surface area contributed by atoms with E-state index in [1.54, 1.807) is 0 Å². The van der Waals surface area contributed by atoms with Crippen LogP contribution in [-0.2, 0) is 22.7 Å². The van der Waals surface area contributed by atoms with Crippen molar-refractivity contribution < 1.29 is 35.4 Å². The maximum atomic E-state index is 12.6. The van der Waals surface area contributed by atoms with Crippen molar-refractivity contribution in [2.45, 2.75) is 16.4 Å². The Morgan fingerprint density at radius 2 is 1.13 bits per heavy atom. The molecule has 0 bridgehead atoms. The van der Waals surface area contributed by atoms with Crippen molar-refractivity contribution in [1.29, 1.82) is 0 Å². The van der Waals surface area contributed by atoms with Crippen molar-refractivity contribution >= 4 is 22.7 Å². The molecule has 1 unspecified atom stereocenters. The van der Waals surface area contributed by atoms with Gasteiger partial charge in [-0.05, 0) is 0 Å². The molecule has 1 aliphatic heterocycles. The minimum absolute atomic E-state index is 0.378. The summed E-state index contributed by atoms with van der Waals surface area (Å²) in [6.07, 6.45) is 0. The Morgan fingerprint density at radius 3 is 1.40 bits per heavy atom. The minimum Gasteiger partial charge on any atom is -0.589 e. The molecule has 1 aliphatic rings. The van der Waals surface area contributed by atoms with Crippen LogP contribution >= 0.6 is 0 Å². The number of nitrogens with zero attached hydrogens (tertiary/aromatic N) is 1. The van der Waals surface area contributed by atoms with Crippen LogP contribution in [0.2, 0.25) is 0 Å². The molecule has 1 saturated heterocycles. The van der Waals surface area contributed by atoms with Crippen molar-refractivity contribution in [3.05, 3.63) is 0 Å². The zero-order chi connectivity index (χ0) is 12.2. The predicted octanol–water partition coefficient (Wildman–Crippen LogP) is 1.08. The summed E-state index contributed by atoms with van der Waals surface area (Å²) >= 11 is -7.54. The SMILES string of the molecule is CN1[S+]([O-])C(F)(F)C(F)(F)C(F)(F)[S@@+]1[O-]. The molecule has 15 heavy (non-hydrogen) atoms. The van der Waals surface area contributed by atoms with Gasteiger partial charge in [0.2, 0.25) is 0 Å². The monoisotopic (exact) mass is 275 g/mol. The average Bonchev–Trinajstić information content (AvgIpc) is 2.12. The third-order valence-electron chi connectivity index (χ3n) is 1.64. The number of hydrogen-bond acceptors (Lipinski definition) is 3. The largest absolute Gasteiger partial charge is 0.589 e. The van der Waals surface area contributed by atoms with Crippen molar-refractivity contribution in [3.8, 4) is 0 Å². The van der Waals surface area contributed by atoms with Gasteiger partial charge in [-0.25, -0.2) is 0 Å². The molecule has 0 N–H and O–H groups in total. The summed E-state index contributed by atoms with van der Waals surface area (Å²) in [7, 11) is 0.378. The van der Waals surface area contributed by atoms with E-state index < -0.39 is 42.9 Å². The van der Waals surface area contributed by atoms with E-state index in [4.69, 9.17) is 0 Å². The number of alkyl halides is 6. The molecule has 0 spiro atoms. The van der Waals surface area contributed by atoms with E-state index >= 15 is 0 Å². The Balaban J connectivity index is 3.27. The lowest BCUT2D eigenvalue weighted by Gasteiger charge is -2.38. The van der Waals surface area contributed by atoms with E-state index in [1.807, 2.05) is 0 Å². The lowest BCUT2D eigenvalue weighted by atomic mass is 10.3. The van der Waals surface area contributed by atoms with Crippen LogP contribution in [0.1, 0.15) is 0 Å². The summed E-state index contributed by atoms with van der Waals surface area (Å²) in [4.78, 5) is 0. The van der Waals surface area contributed by atoms with Crippen LogP contribution in [0.15, 0.2) is 0 Å². The van der Waals surface area contributed by atoms with Crippen LogP contribution in [0.3, 0.4) is 0 Å². The van der Waals surface area contributed by atoms with Gasteiger partial charge in [-0.2, -0.15) is 8.78 Å². The van der Waals surface area contributed by atoms with E-state index in [0.717, 1.165) is 0 Å². The molecule has 3 nitrogen and oxygen atoms in total. The highest BCUT2D eigenvalue weighted by atomic mass is 32.3. The first-order valence-electron chi connectivity index (χ1n) is 3.19. The first-order valence-corrected chi connectivity index (χ1v) is 5.40. The molecule has 2 atom stereocenters. The molecule has 0 radical (unpaired) electrons. The Bertz CT molecular complexity index is 252.